The Balaban J connectivity index is 1.58. The number of aryl methyl sites for hydroxylation is 1. The minimum absolute atomic E-state index is 0.179. The summed E-state index contributed by atoms with van der Waals surface area (Å²) < 4.78 is 0. The Hall–Kier alpha value is -3.60. The van der Waals surface area contributed by atoms with Gasteiger partial charge in [-0.25, -0.2) is 4.79 Å². The second-order valence-corrected chi connectivity index (χ2v) is 6.47. The smallest absolute Gasteiger partial charge is 0.320 e. The van der Waals surface area contributed by atoms with Crippen LogP contribution in [0.15, 0.2) is 78.9 Å². The minimum atomic E-state index is -0.730. The average molecular weight is 357 g/mol. The fraction of sp³-hybridized carbons (Fsp3) is 0.0909. The molecule has 1 heterocycles. The van der Waals surface area contributed by atoms with Crippen molar-refractivity contribution in [3.63, 3.8) is 0 Å². The lowest BCUT2D eigenvalue weighted by atomic mass is 10.1. The van der Waals surface area contributed by atoms with Gasteiger partial charge in [0, 0.05) is 16.9 Å². The van der Waals surface area contributed by atoms with Crippen LogP contribution >= 0.6 is 0 Å². The molecule has 0 aliphatic carbocycles. The monoisotopic (exact) mass is 357 g/mol. The summed E-state index contributed by atoms with van der Waals surface area (Å²) in [5, 5.41) is 5.59. The van der Waals surface area contributed by atoms with Crippen molar-refractivity contribution in [1.29, 1.82) is 0 Å². The number of fused-ring (bicyclic) bond motifs is 1. The predicted molar refractivity (Wildman–Crippen MR) is 106 cm³/mol. The van der Waals surface area contributed by atoms with E-state index in [-0.39, 0.29) is 5.91 Å². The molecular formula is C22H19N3O2. The number of nitrogens with zero attached hydrogens (tertiary/aromatic N) is 1. The first-order valence-electron chi connectivity index (χ1n) is 8.75. The first-order chi connectivity index (χ1) is 13.1. The standard InChI is InChI=1S/C22H19N3O2/c1-15-11-13-16(14-12-15)23-22(27)24-20-18-9-5-6-10-19(18)25(21(20)26)17-7-3-2-4-8-17/h2-14,20H,1H3,(H2,23,24,27). The number of para-hydroxylation sites is 2. The molecule has 134 valence electrons. The van der Waals surface area contributed by atoms with Crippen LogP contribution < -0.4 is 15.5 Å². The van der Waals surface area contributed by atoms with Gasteiger partial charge in [0.1, 0.15) is 6.04 Å². The molecule has 0 radical (unpaired) electrons. The third-order valence-electron chi connectivity index (χ3n) is 4.56. The molecule has 1 aliphatic heterocycles. The van der Waals surface area contributed by atoms with Crippen LogP contribution in [-0.4, -0.2) is 11.9 Å². The Morgan fingerprint density at radius 3 is 2.30 bits per heavy atom. The molecule has 3 amide bonds. The van der Waals surface area contributed by atoms with Crippen molar-refractivity contribution in [3.8, 4) is 0 Å². The lowest BCUT2D eigenvalue weighted by Crippen LogP contribution is -2.38. The van der Waals surface area contributed by atoms with Gasteiger partial charge in [-0.15, -0.1) is 0 Å². The van der Waals surface area contributed by atoms with Gasteiger partial charge >= 0.3 is 6.03 Å². The highest BCUT2D eigenvalue weighted by molar-refractivity contribution is 6.11. The Bertz CT molecular complexity index is 984. The maximum Gasteiger partial charge on any atom is 0.320 e. The summed E-state index contributed by atoms with van der Waals surface area (Å²) in [6.07, 6.45) is 0. The summed E-state index contributed by atoms with van der Waals surface area (Å²) in [7, 11) is 0. The first-order valence-corrected chi connectivity index (χ1v) is 8.75. The molecule has 3 aromatic rings. The van der Waals surface area contributed by atoms with E-state index in [4.69, 9.17) is 0 Å². The molecule has 0 fully saturated rings. The maximum atomic E-state index is 13.1. The Morgan fingerprint density at radius 2 is 1.56 bits per heavy atom. The lowest BCUT2D eigenvalue weighted by Gasteiger charge is -2.18. The summed E-state index contributed by atoms with van der Waals surface area (Å²) in [4.78, 5) is 27.2. The Morgan fingerprint density at radius 1 is 0.889 bits per heavy atom. The molecule has 0 saturated heterocycles. The average Bonchev–Trinajstić information content (AvgIpc) is 2.96. The molecular weight excluding hydrogens is 338 g/mol. The molecule has 5 nitrogen and oxygen atoms in total. The summed E-state index contributed by atoms with van der Waals surface area (Å²) in [5.74, 6) is -0.179. The second-order valence-electron chi connectivity index (χ2n) is 6.47. The predicted octanol–water partition coefficient (Wildman–Crippen LogP) is 4.54. The Kier molecular flexibility index (Phi) is 4.34. The van der Waals surface area contributed by atoms with Gasteiger partial charge in [0.2, 0.25) is 0 Å². The van der Waals surface area contributed by atoms with Crippen molar-refractivity contribution in [2.45, 2.75) is 13.0 Å². The number of hydrogen-bond acceptors (Lipinski definition) is 2. The van der Waals surface area contributed by atoms with Gasteiger partial charge in [-0.05, 0) is 37.3 Å². The molecule has 1 unspecified atom stereocenters. The van der Waals surface area contributed by atoms with E-state index >= 15 is 0 Å². The molecule has 1 atom stereocenters. The van der Waals surface area contributed by atoms with Gasteiger partial charge in [-0.3, -0.25) is 9.69 Å². The highest BCUT2D eigenvalue weighted by Crippen LogP contribution is 2.40. The van der Waals surface area contributed by atoms with E-state index in [0.29, 0.717) is 5.69 Å². The molecule has 0 aromatic heterocycles. The number of carbonyl (C=O) groups excluding carboxylic acids is 2. The molecule has 0 bridgehead atoms. The number of anilines is 3. The van der Waals surface area contributed by atoms with E-state index in [1.807, 2.05) is 85.8 Å². The summed E-state index contributed by atoms with van der Waals surface area (Å²) in [6.45, 7) is 1.98. The van der Waals surface area contributed by atoms with Crippen LogP contribution in [-0.2, 0) is 4.79 Å². The van der Waals surface area contributed by atoms with Crippen molar-refractivity contribution in [2.75, 3.05) is 10.2 Å². The van der Waals surface area contributed by atoms with Crippen LogP contribution in [0.5, 0.6) is 0 Å². The molecule has 0 spiro atoms. The first kappa shape index (κ1) is 16.8. The van der Waals surface area contributed by atoms with Crippen molar-refractivity contribution < 1.29 is 9.59 Å². The van der Waals surface area contributed by atoms with Crippen LogP contribution in [0.25, 0.3) is 0 Å². The third kappa shape index (κ3) is 3.27. The highest BCUT2D eigenvalue weighted by Gasteiger charge is 2.38. The van der Waals surface area contributed by atoms with E-state index in [1.165, 1.54) is 0 Å². The molecule has 2 N–H and O–H groups in total. The fourth-order valence-corrected chi connectivity index (χ4v) is 3.23. The van der Waals surface area contributed by atoms with Crippen molar-refractivity contribution in [1.82, 2.24) is 5.32 Å². The van der Waals surface area contributed by atoms with Crippen LogP contribution in [0, 0.1) is 6.92 Å². The van der Waals surface area contributed by atoms with Crippen molar-refractivity contribution in [2.24, 2.45) is 0 Å². The topological polar surface area (TPSA) is 61.4 Å². The van der Waals surface area contributed by atoms with E-state index in [1.54, 1.807) is 4.90 Å². The summed E-state index contributed by atoms with van der Waals surface area (Å²) in [5.41, 5.74) is 4.13. The number of benzene rings is 3. The van der Waals surface area contributed by atoms with Gasteiger partial charge in [0.25, 0.3) is 5.91 Å². The van der Waals surface area contributed by atoms with E-state index in [9.17, 15) is 9.59 Å². The number of urea groups is 1. The van der Waals surface area contributed by atoms with Crippen molar-refractivity contribution in [3.05, 3.63) is 90.0 Å². The number of amides is 3. The molecule has 5 heteroatoms. The van der Waals surface area contributed by atoms with Crippen LogP contribution in [0.1, 0.15) is 17.2 Å². The summed E-state index contributed by atoms with van der Waals surface area (Å²) in [6, 6.07) is 23.3. The second kappa shape index (κ2) is 6.96. The largest absolute Gasteiger partial charge is 0.322 e. The van der Waals surface area contributed by atoms with Crippen LogP contribution in [0.2, 0.25) is 0 Å². The number of rotatable bonds is 3. The SMILES string of the molecule is Cc1ccc(NC(=O)NC2C(=O)N(c3ccccc3)c3ccccc32)cc1. The number of nitrogens with one attached hydrogen (secondary N) is 2. The zero-order valence-electron chi connectivity index (χ0n) is 14.8. The van der Waals surface area contributed by atoms with E-state index in [2.05, 4.69) is 10.6 Å². The zero-order chi connectivity index (χ0) is 18.8. The zero-order valence-corrected chi connectivity index (χ0v) is 14.8. The molecule has 3 aromatic carbocycles. The molecule has 27 heavy (non-hydrogen) atoms. The normalized spacial score (nSPS) is 15.4. The molecule has 1 aliphatic rings. The van der Waals surface area contributed by atoms with Gasteiger partial charge < -0.3 is 10.6 Å². The van der Waals surface area contributed by atoms with Crippen molar-refractivity contribution >= 4 is 29.0 Å². The van der Waals surface area contributed by atoms with Gasteiger partial charge in [-0.2, -0.15) is 0 Å². The van der Waals surface area contributed by atoms with Gasteiger partial charge in [0.15, 0.2) is 0 Å². The number of hydrogen-bond donors (Lipinski definition) is 2. The van der Waals surface area contributed by atoms with E-state index < -0.39 is 12.1 Å². The van der Waals surface area contributed by atoms with Crippen LogP contribution in [0.4, 0.5) is 21.9 Å². The highest BCUT2D eigenvalue weighted by atomic mass is 16.2. The fourth-order valence-electron chi connectivity index (χ4n) is 3.23. The van der Waals surface area contributed by atoms with Gasteiger partial charge in [0.05, 0.1) is 5.69 Å². The third-order valence-corrected chi connectivity index (χ3v) is 4.56. The molecule has 4 rings (SSSR count). The molecule has 0 saturated carbocycles. The minimum Gasteiger partial charge on any atom is -0.322 e. The van der Waals surface area contributed by atoms with Gasteiger partial charge in [-0.1, -0.05) is 54.1 Å². The van der Waals surface area contributed by atoms with E-state index in [0.717, 1.165) is 22.5 Å². The number of carbonyl (C=O) groups is 2. The quantitative estimate of drug-likeness (QED) is 0.723. The lowest BCUT2D eigenvalue weighted by molar-refractivity contribution is -0.119. The Labute approximate surface area is 157 Å². The maximum absolute atomic E-state index is 13.1. The summed E-state index contributed by atoms with van der Waals surface area (Å²) >= 11 is 0. The van der Waals surface area contributed by atoms with Crippen LogP contribution in [0.3, 0.4) is 0 Å².